The molecule has 7 aromatic carbocycles. The minimum Gasteiger partial charge on any atom is -0.208 e. The highest BCUT2D eigenvalue weighted by atomic mass is 15.5. The molecule has 45 heavy (non-hydrogen) atoms. The summed E-state index contributed by atoms with van der Waals surface area (Å²) >= 11 is 0. The lowest BCUT2D eigenvalue weighted by Crippen LogP contribution is -2.00. The van der Waals surface area contributed by atoms with Crippen molar-refractivity contribution in [3.63, 3.8) is 0 Å². The van der Waals surface area contributed by atoms with Gasteiger partial charge in [-0.25, -0.2) is 15.0 Å². The molecule has 0 bridgehead atoms. The highest BCUT2D eigenvalue weighted by Gasteiger charge is 2.16. The first-order chi connectivity index (χ1) is 22.3. The molecule has 0 saturated carbocycles. The number of nitrogens with zero attached hydrogens (tertiary/aromatic N) is 6. The van der Waals surface area contributed by atoms with E-state index in [1.807, 2.05) is 66.7 Å². The molecule has 0 saturated heterocycles. The average Bonchev–Trinajstić information content (AvgIpc) is 3.56. The van der Waals surface area contributed by atoms with Crippen molar-refractivity contribution in [3.05, 3.63) is 146 Å². The van der Waals surface area contributed by atoms with E-state index >= 15 is 0 Å². The molecule has 0 radical (unpaired) electrons. The molecule has 2 heterocycles. The fraction of sp³-hybridized carbons (Fsp3) is 0. The molecular weight excluding hydrogens is 552 g/mol. The van der Waals surface area contributed by atoms with E-state index in [0.29, 0.717) is 17.5 Å². The van der Waals surface area contributed by atoms with Gasteiger partial charge in [-0.1, -0.05) is 115 Å². The Morgan fingerprint density at radius 2 is 0.978 bits per heavy atom. The lowest BCUT2D eigenvalue weighted by molar-refractivity contribution is 0.766. The number of hydrogen-bond acceptors (Lipinski definition) is 5. The first kappa shape index (κ1) is 25.2. The minimum absolute atomic E-state index is 0.617. The Balaban J connectivity index is 1.26. The zero-order valence-electron chi connectivity index (χ0n) is 24.0. The first-order valence-corrected chi connectivity index (χ1v) is 14.9. The summed E-state index contributed by atoms with van der Waals surface area (Å²) in [7, 11) is 0. The van der Waals surface area contributed by atoms with Crippen LogP contribution in [0.1, 0.15) is 0 Å². The number of aromatic nitrogens is 6. The molecular formula is C39H24N6. The second-order valence-corrected chi connectivity index (χ2v) is 11.1. The summed E-state index contributed by atoms with van der Waals surface area (Å²) in [5, 5.41) is 16.4. The zero-order chi connectivity index (χ0) is 29.7. The molecule has 0 amide bonds. The third-order valence-electron chi connectivity index (χ3n) is 8.27. The monoisotopic (exact) mass is 576 g/mol. The molecule has 210 valence electrons. The fourth-order valence-electron chi connectivity index (χ4n) is 6.01. The lowest BCUT2D eigenvalue weighted by Gasteiger charge is -2.10. The first-order valence-electron chi connectivity index (χ1n) is 14.9. The minimum atomic E-state index is 0.617. The third kappa shape index (κ3) is 4.39. The number of rotatable bonds is 4. The molecule has 6 heteroatoms. The molecule has 9 rings (SSSR count). The predicted octanol–water partition coefficient (Wildman–Crippen LogP) is 9.07. The van der Waals surface area contributed by atoms with Crippen molar-refractivity contribution >= 4 is 43.4 Å². The van der Waals surface area contributed by atoms with Crippen LogP contribution in [-0.2, 0) is 0 Å². The zero-order valence-corrected chi connectivity index (χ0v) is 24.0. The van der Waals surface area contributed by atoms with Crippen molar-refractivity contribution in [1.29, 1.82) is 0 Å². The molecule has 0 N–H and O–H groups in total. The molecule has 0 aliphatic carbocycles. The van der Waals surface area contributed by atoms with Crippen molar-refractivity contribution in [1.82, 2.24) is 29.9 Å². The largest absolute Gasteiger partial charge is 0.208 e. The second kappa shape index (κ2) is 10.2. The van der Waals surface area contributed by atoms with Crippen LogP contribution in [0.2, 0.25) is 0 Å². The number of fused-ring (bicyclic) bond motifs is 6. The highest BCUT2D eigenvalue weighted by Crippen LogP contribution is 2.34. The Morgan fingerprint density at radius 1 is 0.400 bits per heavy atom. The van der Waals surface area contributed by atoms with Crippen molar-refractivity contribution < 1.29 is 0 Å². The standard InChI is InChI=1S/C39H24N6/c1-3-10-28(11-4-1)37-40-38(30-19-15-25-9-7-8-12-29(25)23-30)42-39(41-37)31-20-17-26-16-18-27-21-22-34-36(35(27)33(26)24-31)44-45(43-34)32-13-5-2-6-14-32/h1-24H. The predicted molar refractivity (Wildman–Crippen MR) is 181 cm³/mol. The maximum Gasteiger partial charge on any atom is 0.164 e. The van der Waals surface area contributed by atoms with Crippen LogP contribution in [0.25, 0.3) is 83.2 Å². The van der Waals surface area contributed by atoms with E-state index in [1.54, 1.807) is 4.80 Å². The van der Waals surface area contributed by atoms with Gasteiger partial charge < -0.3 is 0 Å². The van der Waals surface area contributed by atoms with Gasteiger partial charge in [0.15, 0.2) is 17.5 Å². The smallest absolute Gasteiger partial charge is 0.164 e. The van der Waals surface area contributed by atoms with E-state index < -0.39 is 0 Å². The molecule has 9 aromatic rings. The molecule has 6 nitrogen and oxygen atoms in total. The fourth-order valence-corrected chi connectivity index (χ4v) is 6.01. The van der Waals surface area contributed by atoms with Crippen molar-refractivity contribution in [3.8, 4) is 39.9 Å². The van der Waals surface area contributed by atoms with Gasteiger partial charge in [-0.2, -0.15) is 4.80 Å². The Hall–Kier alpha value is -6.27. The third-order valence-corrected chi connectivity index (χ3v) is 8.27. The van der Waals surface area contributed by atoms with Crippen LogP contribution in [0.4, 0.5) is 0 Å². The summed E-state index contributed by atoms with van der Waals surface area (Å²) in [6, 6.07) is 49.6. The van der Waals surface area contributed by atoms with Gasteiger partial charge in [0.2, 0.25) is 0 Å². The Bertz CT molecular complexity index is 2540. The van der Waals surface area contributed by atoms with Gasteiger partial charge in [-0.3, -0.25) is 0 Å². The van der Waals surface area contributed by atoms with Crippen LogP contribution >= 0.6 is 0 Å². The topological polar surface area (TPSA) is 69.4 Å². The summed E-state index contributed by atoms with van der Waals surface area (Å²) < 4.78 is 0. The van der Waals surface area contributed by atoms with Gasteiger partial charge in [-0.15, -0.1) is 10.2 Å². The average molecular weight is 577 g/mol. The Morgan fingerprint density at radius 3 is 1.76 bits per heavy atom. The van der Waals surface area contributed by atoms with Crippen molar-refractivity contribution in [2.75, 3.05) is 0 Å². The summed E-state index contributed by atoms with van der Waals surface area (Å²) in [5.41, 5.74) is 5.41. The normalized spacial score (nSPS) is 11.6. The van der Waals surface area contributed by atoms with Crippen LogP contribution in [-0.4, -0.2) is 29.9 Å². The summed E-state index contributed by atoms with van der Waals surface area (Å²) in [6.45, 7) is 0. The van der Waals surface area contributed by atoms with E-state index in [9.17, 15) is 0 Å². The maximum atomic E-state index is 5.04. The number of benzene rings is 7. The quantitative estimate of drug-likeness (QED) is 0.196. The second-order valence-electron chi connectivity index (χ2n) is 11.1. The Kier molecular flexibility index (Phi) is 5.71. The van der Waals surface area contributed by atoms with Crippen LogP contribution in [0.5, 0.6) is 0 Å². The molecule has 0 fully saturated rings. The Labute approximate surface area is 258 Å². The summed E-state index contributed by atoms with van der Waals surface area (Å²) in [4.78, 5) is 16.7. The van der Waals surface area contributed by atoms with E-state index in [1.165, 1.54) is 5.39 Å². The molecule has 0 spiro atoms. The van der Waals surface area contributed by atoms with E-state index in [0.717, 1.165) is 60.3 Å². The van der Waals surface area contributed by atoms with Crippen LogP contribution < -0.4 is 0 Å². The van der Waals surface area contributed by atoms with Gasteiger partial charge >= 0.3 is 0 Å². The van der Waals surface area contributed by atoms with Crippen molar-refractivity contribution in [2.45, 2.75) is 0 Å². The molecule has 0 aliphatic heterocycles. The van der Waals surface area contributed by atoms with Crippen molar-refractivity contribution in [2.24, 2.45) is 0 Å². The molecule has 2 aromatic heterocycles. The van der Waals surface area contributed by atoms with E-state index in [-0.39, 0.29) is 0 Å². The lowest BCUT2D eigenvalue weighted by atomic mass is 9.98. The van der Waals surface area contributed by atoms with Gasteiger partial charge in [-0.05, 0) is 57.3 Å². The molecule has 0 aliphatic rings. The molecule has 0 atom stereocenters. The van der Waals surface area contributed by atoms with Gasteiger partial charge in [0.1, 0.15) is 11.0 Å². The van der Waals surface area contributed by atoms with Crippen LogP contribution in [0, 0.1) is 0 Å². The van der Waals surface area contributed by atoms with Crippen LogP contribution in [0.15, 0.2) is 146 Å². The van der Waals surface area contributed by atoms with Gasteiger partial charge in [0.25, 0.3) is 0 Å². The molecule has 0 unspecified atom stereocenters. The summed E-state index contributed by atoms with van der Waals surface area (Å²) in [6.07, 6.45) is 0. The van der Waals surface area contributed by atoms with E-state index in [2.05, 4.69) is 78.9 Å². The van der Waals surface area contributed by atoms with Crippen LogP contribution in [0.3, 0.4) is 0 Å². The van der Waals surface area contributed by atoms with Gasteiger partial charge in [0, 0.05) is 22.1 Å². The number of para-hydroxylation sites is 1. The highest BCUT2D eigenvalue weighted by molar-refractivity contribution is 6.18. The number of hydrogen-bond donors (Lipinski definition) is 0. The summed E-state index contributed by atoms with van der Waals surface area (Å²) in [5.74, 6) is 1.89. The maximum absolute atomic E-state index is 5.04. The van der Waals surface area contributed by atoms with E-state index in [4.69, 9.17) is 25.1 Å². The SMILES string of the molecule is c1ccc(-c2nc(-c3ccc4ccccc4c3)nc(-c3ccc4ccc5ccc6nn(-c7ccccc7)nc6c5c4c3)n2)cc1. The van der Waals surface area contributed by atoms with Gasteiger partial charge in [0.05, 0.1) is 5.69 Å².